The fraction of sp³-hybridized carbons (Fsp3) is 0.526. The summed E-state index contributed by atoms with van der Waals surface area (Å²) in [4.78, 5) is 19.2. The van der Waals surface area contributed by atoms with Crippen molar-refractivity contribution in [3.05, 3.63) is 47.5 Å². The van der Waals surface area contributed by atoms with Crippen LogP contribution in [-0.4, -0.2) is 38.7 Å². The number of nitrogens with zero attached hydrogens (tertiary/aromatic N) is 4. The van der Waals surface area contributed by atoms with Gasteiger partial charge in [-0.3, -0.25) is 9.69 Å². The van der Waals surface area contributed by atoms with Gasteiger partial charge in [-0.15, -0.1) is 0 Å². The Labute approximate surface area is 149 Å². The fourth-order valence-electron chi connectivity index (χ4n) is 3.33. The van der Waals surface area contributed by atoms with Crippen molar-refractivity contribution in [2.75, 3.05) is 13.1 Å². The lowest BCUT2D eigenvalue weighted by Gasteiger charge is -2.26. The highest BCUT2D eigenvalue weighted by Gasteiger charge is 2.16. The summed E-state index contributed by atoms with van der Waals surface area (Å²) in [6.45, 7) is 8.00. The van der Waals surface area contributed by atoms with Gasteiger partial charge < -0.3 is 5.32 Å². The largest absolute Gasteiger partial charge is 0.342 e. The number of hydrogen-bond acceptors (Lipinski definition) is 4. The lowest BCUT2D eigenvalue weighted by atomic mass is 10.1. The normalized spacial score (nSPS) is 16.6. The van der Waals surface area contributed by atoms with E-state index in [2.05, 4.69) is 32.4 Å². The van der Waals surface area contributed by atoms with Crippen molar-refractivity contribution in [2.24, 2.45) is 0 Å². The molecule has 3 rings (SSSR count). The lowest BCUT2D eigenvalue weighted by Crippen LogP contribution is -2.29. The van der Waals surface area contributed by atoms with E-state index in [1.165, 1.54) is 44.2 Å². The molecule has 2 aromatic rings. The number of piperidine rings is 1. The quantitative estimate of drug-likeness (QED) is 0.877. The predicted octanol–water partition coefficient (Wildman–Crippen LogP) is 2.77. The molecule has 1 unspecified atom stereocenters. The fourth-order valence-corrected chi connectivity index (χ4v) is 3.33. The maximum atomic E-state index is 12.5. The van der Waals surface area contributed by atoms with Gasteiger partial charge in [0.1, 0.15) is 12.2 Å². The summed E-state index contributed by atoms with van der Waals surface area (Å²) in [6, 6.07) is 7.76. The Kier molecular flexibility index (Phi) is 5.81. The van der Waals surface area contributed by atoms with Crippen molar-refractivity contribution < 1.29 is 4.79 Å². The number of aryl methyl sites for hydroxylation is 1. The van der Waals surface area contributed by atoms with Crippen molar-refractivity contribution in [3.8, 4) is 0 Å². The van der Waals surface area contributed by atoms with Crippen LogP contribution in [0.2, 0.25) is 0 Å². The van der Waals surface area contributed by atoms with E-state index < -0.39 is 0 Å². The Hall–Kier alpha value is -2.21. The molecule has 6 nitrogen and oxygen atoms in total. The second-order valence-electron chi connectivity index (χ2n) is 6.66. The number of rotatable bonds is 6. The van der Waals surface area contributed by atoms with Gasteiger partial charge in [-0.1, -0.05) is 18.6 Å². The van der Waals surface area contributed by atoms with E-state index in [-0.39, 0.29) is 11.9 Å². The summed E-state index contributed by atoms with van der Waals surface area (Å²) >= 11 is 0. The third kappa shape index (κ3) is 4.45. The summed E-state index contributed by atoms with van der Waals surface area (Å²) in [5, 5.41) is 7.15. The van der Waals surface area contributed by atoms with Gasteiger partial charge in [0.05, 0.1) is 6.04 Å². The zero-order valence-corrected chi connectivity index (χ0v) is 15.1. The molecule has 0 aliphatic carbocycles. The van der Waals surface area contributed by atoms with E-state index in [9.17, 15) is 4.79 Å². The molecule has 0 spiro atoms. The molecule has 2 heterocycles. The van der Waals surface area contributed by atoms with Gasteiger partial charge in [0.15, 0.2) is 0 Å². The SMILES string of the molecule is CCn1ncnc1C(C)NC(=O)c1ccc(CN2CCCCC2)cc1. The Bertz CT molecular complexity index is 688. The first-order valence-corrected chi connectivity index (χ1v) is 9.17. The van der Waals surface area contributed by atoms with Crippen molar-refractivity contribution in [3.63, 3.8) is 0 Å². The molecule has 1 atom stereocenters. The van der Waals surface area contributed by atoms with Crippen LogP contribution >= 0.6 is 0 Å². The molecule has 1 aliphatic heterocycles. The predicted molar refractivity (Wildman–Crippen MR) is 97.1 cm³/mol. The van der Waals surface area contributed by atoms with E-state index in [1.807, 2.05) is 26.0 Å². The van der Waals surface area contributed by atoms with Crippen LogP contribution < -0.4 is 5.32 Å². The molecule has 0 radical (unpaired) electrons. The molecule has 1 saturated heterocycles. The molecular formula is C19H27N5O. The van der Waals surface area contributed by atoms with Crippen LogP contribution in [0.15, 0.2) is 30.6 Å². The van der Waals surface area contributed by atoms with E-state index in [4.69, 9.17) is 0 Å². The number of nitrogens with one attached hydrogen (secondary N) is 1. The van der Waals surface area contributed by atoms with Crippen LogP contribution in [0.1, 0.15) is 60.9 Å². The average Bonchev–Trinajstić information content (AvgIpc) is 3.12. The van der Waals surface area contributed by atoms with Crippen LogP contribution in [-0.2, 0) is 13.1 Å². The average molecular weight is 341 g/mol. The third-order valence-electron chi connectivity index (χ3n) is 4.75. The van der Waals surface area contributed by atoms with Crippen LogP contribution in [0.4, 0.5) is 0 Å². The standard InChI is InChI=1S/C19H27N5O/c1-3-24-18(20-14-21-24)15(2)22-19(25)17-9-7-16(8-10-17)13-23-11-5-4-6-12-23/h7-10,14-15H,3-6,11-13H2,1-2H3,(H,22,25). The highest BCUT2D eigenvalue weighted by Crippen LogP contribution is 2.14. The van der Waals surface area contributed by atoms with Crippen molar-refractivity contribution in [1.82, 2.24) is 25.0 Å². The Morgan fingerprint density at radius 3 is 2.60 bits per heavy atom. The minimum atomic E-state index is -0.178. The van der Waals surface area contributed by atoms with Gasteiger partial charge in [0.25, 0.3) is 5.91 Å². The first-order chi connectivity index (χ1) is 12.2. The lowest BCUT2D eigenvalue weighted by molar-refractivity contribution is 0.0937. The van der Waals surface area contributed by atoms with Gasteiger partial charge in [-0.25, -0.2) is 9.67 Å². The van der Waals surface area contributed by atoms with Gasteiger partial charge in [0, 0.05) is 18.7 Å². The molecule has 1 aromatic heterocycles. The number of carbonyl (C=O) groups is 1. The third-order valence-corrected chi connectivity index (χ3v) is 4.75. The number of carbonyl (C=O) groups excluding carboxylic acids is 1. The maximum absolute atomic E-state index is 12.5. The summed E-state index contributed by atoms with van der Waals surface area (Å²) in [6.07, 6.45) is 5.46. The zero-order valence-electron chi connectivity index (χ0n) is 15.1. The van der Waals surface area contributed by atoms with Crippen molar-refractivity contribution >= 4 is 5.91 Å². The maximum Gasteiger partial charge on any atom is 0.251 e. The Morgan fingerprint density at radius 2 is 1.92 bits per heavy atom. The van der Waals surface area contributed by atoms with E-state index in [1.54, 1.807) is 4.68 Å². The number of benzene rings is 1. The summed E-state index contributed by atoms with van der Waals surface area (Å²) in [5.41, 5.74) is 1.94. The highest BCUT2D eigenvalue weighted by atomic mass is 16.1. The second-order valence-corrected chi connectivity index (χ2v) is 6.66. The van der Waals surface area contributed by atoms with Crippen LogP contribution in [0.5, 0.6) is 0 Å². The van der Waals surface area contributed by atoms with E-state index in [0.29, 0.717) is 5.56 Å². The first kappa shape index (κ1) is 17.6. The minimum Gasteiger partial charge on any atom is -0.342 e. The summed E-state index contributed by atoms with van der Waals surface area (Å²) in [7, 11) is 0. The molecular weight excluding hydrogens is 314 g/mol. The number of aromatic nitrogens is 3. The number of hydrogen-bond donors (Lipinski definition) is 1. The van der Waals surface area contributed by atoms with Crippen LogP contribution in [0.3, 0.4) is 0 Å². The van der Waals surface area contributed by atoms with E-state index in [0.717, 1.165) is 18.9 Å². The molecule has 1 N–H and O–H groups in total. The molecule has 0 bridgehead atoms. The summed E-state index contributed by atoms with van der Waals surface area (Å²) in [5.74, 6) is 0.695. The Morgan fingerprint density at radius 1 is 1.20 bits per heavy atom. The molecule has 1 fully saturated rings. The van der Waals surface area contributed by atoms with Crippen molar-refractivity contribution in [1.29, 1.82) is 0 Å². The van der Waals surface area contributed by atoms with Crippen molar-refractivity contribution in [2.45, 2.75) is 52.2 Å². The van der Waals surface area contributed by atoms with Crippen LogP contribution in [0, 0.1) is 0 Å². The molecule has 6 heteroatoms. The second kappa shape index (κ2) is 8.25. The van der Waals surface area contributed by atoms with Gasteiger partial charge in [0.2, 0.25) is 0 Å². The van der Waals surface area contributed by atoms with Gasteiger partial charge in [-0.05, 0) is 57.5 Å². The molecule has 25 heavy (non-hydrogen) atoms. The molecule has 0 saturated carbocycles. The Balaban J connectivity index is 1.58. The molecule has 134 valence electrons. The monoisotopic (exact) mass is 341 g/mol. The molecule has 1 aromatic carbocycles. The van der Waals surface area contributed by atoms with Crippen LogP contribution in [0.25, 0.3) is 0 Å². The van der Waals surface area contributed by atoms with Gasteiger partial charge >= 0.3 is 0 Å². The molecule has 1 aliphatic rings. The molecule has 1 amide bonds. The number of likely N-dealkylation sites (tertiary alicyclic amines) is 1. The van der Waals surface area contributed by atoms with Gasteiger partial charge in [-0.2, -0.15) is 5.10 Å². The smallest absolute Gasteiger partial charge is 0.251 e. The minimum absolute atomic E-state index is 0.0809. The topological polar surface area (TPSA) is 63.1 Å². The first-order valence-electron chi connectivity index (χ1n) is 9.17. The zero-order chi connectivity index (χ0) is 17.6. The summed E-state index contributed by atoms with van der Waals surface area (Å²) < 4.78 is 1.80. The number of amides is 1. The van der Waals surface area contributed by atoms with E-state index >= 15 is 0 Å². The highest BCUT2D eigenvalue weighted by molar-refractivity contribution is 5.94.